The molecule has 0 aliphatic heterocycles. The molecule has 1 unspecified atom stereocenters. The summed E-state index contributed by atoms with van der Waals surface area (Å²) < 4.78 is 27.7. The normalized spacial score (nSPS) is 12.0. The molecule has 0 saturated carbocycles. The lowest BCUT2D eigenvalue weighted by molar-refractivity contribution is 0.509. The second kappa shape index (κ2) is 6.63. The second-order valence-corrected chi connectivity index (χ2v) is 5.29. The van der Waals surface area contributed by atoms with Crippen LogP contribution in [0.4, 0.5) is 14.5 Å². The first-order chi connectivity index (χ1) is 10.0. The van der Waals surface area contributed by atoms with Crippen molar-refractivity contribution in [2.45, 2.75) is 12.8 Å². The minimum Gasteiger partial charge on any atom is -0.389 e. The van der Waals surface area contributed by atoms with Crippen molar-refractivity contribution in [1.82, 2.24) is 0 Å². The molecule has 2 aromatic carbocycles. The Kier molecular flexibility index (Phi) is 4.85. The van der Waals surface area contributed by atoms with Crippen LogP contribution in [0.15, 0.2) is 42.5 Å². The summed E-state index contributed by atoms with van der Waals surface area (Å²) in [6.07, 6.45) is 0. The number of benzene rings is 2. The van der Waals surface area contributed by atoms with Gasteiger partial charge >= 0.3 is 0 Å². The molecule has 0 heterocycles. The first-order valence-electron chi connectivity index (χ1n) is 6.57. The molecule has 0 amide bonds. The highest BCUT2D eigenvalue weighted by Crippen LogP contribution is 2.22. The Morgan fingerprint density at radius 1 is 1.14 bits per heavy atom. The quantitative estimate of drug-likeness (QED) is 0.825. The predicted molar refractivity (Wildman–Crippen MR) is 85.6 cm³/mol. The topological polar surface area (TPSA) is 38.0 Å². The molecule has 1 atom stereocenters. The summed E-state index contributed by atoms with van der Waals surface area (Å²) in [5, 5.41) is 2.92. The standard InChI is InChI=1S/C16H16F2N2S/c1-10(11-5-3-2-4-6-11)9-20-13-8-7-12(16(19)21)14(17)15(13)18/h2-8,10,20H,9H2,1H3,(H2,19,21). The lowest BCUT2D eigenvalue weighted by Crippen LogP contribution is -2.15. The first-order valence-corrected chi connectivity index (χ1v) is 6.98. The molecule has 0 aliphatic rings. The van der Waals surface area contributed by atoms with Gasteiger partial charge in [-0.25, -0.2) is 8.78 Å². The van der Waals surface area contributed by atoms with Crippen molar-refractivity contribution in [3.8, 4) is 0 Å². The molecule has 0 fully saturated rings. The molecule has 110 valence electrons. The molecule has 0 aliphatic carbocycles. The number of rotatable bonds is 5. The van der Waals surface area contributed by atoms with Gasteiger partial charge in [0.2, 0.25) is 0 Å². The molecule has 2 nitrogen and oxygen atoms in total. The Labute approximate surface area is 128 Å². The maximum atomic E-state index is 13.9. The largest absolute Gasteiger partial charge is 0.389 e. The van der Waals surface area contributed by atoms with E-state index in [9.17, 15) is 8.78 Å². The Bertz CT molecular complexity index is 644. The van der Waals surface area contributed by atoms with Crippen molar-refractivity contribution in [1.29, 1.82) is 0 Å². The van der Waals surface area contributed by atoms with E-state index in [0.29, 0.717) is 6.54 Å². The SMILES string of the molecule is CC(CNc1ccc(C(N)=S)c(F)c1F)c1ccccc1. The van der Waals surface area contributed by atoms with E-state index in [1.807, 2.05) is 37.3 Å². The van der Waals surface area contributed by atoms with E-state index >= 15 is 0 Å². The molecule has 2 rings (SSSR count). The van der Waals surface area contributed by atoms with Gasteiger partial charge in [-0.2, -0.15) is 0 Å². The summed E-state index contributed by atoms with van der Waals surface area (Å²) in [7, 11) is 0. The van der Waals surface area contributed by atoms with Crippen LogP contribution in [0.1, 0.15) is 24.0 Å². The van der Waals surface area contributed by atoms with Gasteiger partial charge in [0.25, 0.3) is 0 Å². The maximum absolute atomic E-state index is 13.9. The van der Waals surface area contributed by atoms with Gasteiger partial charge in [-0.1, -0.05) is 49.5 Å². The van der Waals surface area contributed by atoms with Crippen LogP contribution in [0.25, 0.3) is 0 Å². The third-order valence-corrected chi connectivity index (χ3v) is 3.53. The lowest BCUT2D eigenvalue weighted by atomic mass is 10.0. The second-order valence-electron chi connectivity index (χ2n) is 4.85. The summed E-state index contributed by atoms with van der Waals surface area (Å²) in [4.78, 5) is -0.157. The zero-order valence-corrected chi connectivity index (χ0v) is 12.4. The van der Waals surface area contributed by atoms with Crippen LogP contribution in [0.2, 0.25) is 0 Å². The summed E-state index contributed by atoms with van der Waals surface area (Å²) in [5.74, 6) is -1.80. The molecular weight excluding hydrogens is 290 g/mol. The van der Waals surface area contributed by atoms with E-state index in [1.165, 1.54) is 12.1 Å². The minimum absolute atomic E-state index is 0.0795. The number of halogens is 2. The fraction of sp³-hybridized carbons (Fsp3) is 0.188. The van der Waals surface area contributed by atoms with E-state index < -0.39 is 11.6 Å². The molecule has 0 spiro atoms. The number of nitrogens with one attached hydrogen (secondary N) is 1. The average molecular weight is 306 g/mol. The van der Waals surface area contributed by atoms with E-state index in [4.69, 9.17) is 5.73 Å². The third-order valence-electron chi connectivity index (χ3n) is 3.32. The van der Waals surface area contributed by atoms with Crippen molar-refractivity contribution >= 4 is 22.9 Å². The number of anilines is 1. The van der Waals surface area contributed by atoms with Crippen LogP contribution in [0.5, 0.6) is 0 Å². The highest BCUT2D eigenvalue weighted by molar-refractivity contribution is 7.80. The number of thiocarbonyl (C=S) groups is 1. The lowest BCUT2D eigenvalue weighted by Gasteiger charge is -2.15. The molecule has 21 heavy (non-hydrogen) atoms. The number of hydrogen-bond acceptors (Lipinski definition) is 2. The number of hydrogen-bond donors (Lipinski definition) is 2. The summed E-state index contributed by atoms with van der Waals surface area (Å²) >= 11 is 4.67. The Morgan fingerprint density at radius 2 is 1.81 bits per heavy atom. The first kappa shape index (κ1) is 15.4. The van der Waals surface area contributed by atoms with Crippen molar-refractivity contribution in [2.24, 2.45) is 5.73 Å². The monoisotopic (exact) mass is 306 g/mol. The van der Waals surface area contributed by atoms with Crippen LogP contribution in [-0.2, 0) is 0 Å². The van der Waals surface area contributed by atoms with Crippen LogP contribution < -0.4 is 11.1 Å². The Balaban J connectivity index is 2.11. The van der Waals surface area contributed by atoms with Crippen molar-refractivity contribution in [2.75, 3.05) is 11.9 Å². The zero-order valence-electron chi connectivity index (χ0n) is 11.6. The van der Waals surface area contributed by atoms with Crippen LogP contribution in [-0.4, -0.2) is 11.5 Å². The molecule has 0 bridgehead atoms. The predicted octanol–water partition coefficient (Wildman–Crippen LogP) is 3.81. The fourth-order valence-corrected chi connectivity index (χ4v) is 2.20. The average Bonchev–Trinajstić information content (AvgIpc) is 2.49. The van der Waals surface area contributed by atoms with Crippen LogP contribution in [0, 0.1) is 11.6 Å². The molecule has 0 radical (unpaired) electrons. The van der Waals surface area contributed by atoms with Gasteiger partial charge in [-0.05, 0) is 23.6 Å². The molecule has 2 aromatic rings. The molecule has 3 N–H and O–H groups in total. The van der Waals surface area contributed by atoms with Gasteiger partial charge in [0.1, 0.15) is 4.99 Å². The van der Waals surface area contributed by atoms with Gasteiger partial charge in [0.15, 0.2) is 11.6 Å². The van der Waals surface area contributed by atoms with Gasteiger partial charge in [0.05, 0.1) is 5.69 Å². The molecule has 0 saturated heterocycles. The highest BCUT2D eigenvalue weighted by atomic mass is 32.1. The molecule has 0 aromatic heterocycles. The third kappa shape index (κ3) is 3.55. The van der Waals surface area contributed by atoms with E-state index in [2.05, 4.69) is 17.5 Å². The zero-order chi connectivity index (χ0) is 15.4. The Hall–Kier alpha value is -2.01. The van der Waals surface area contributed by atoms with Gasteiger partial charge < -0.3 is 11.1 Å². The van der Waals surface area contributed by atoms with Gasteiger partial charge in [-0.3, -0.25) is 0 Å². The minimum atomic E-state index is -1.01. The summed E-state index contributed by atoms with van der Waals surface area (Å²) in [6, 6.07) is 12.7. The summed E-state index contributed by atoms with van der Waals surface area (Å²) in [6.45, 7) is 2.51. The van der Waals surface area contributed by atoms with E-state index in [1.54, 1.807) is 0 Å². The van der Waals surface area contributed by atoms with Crippen molar-refractivity contribution in [3.63, 3.8) is 0 Å². The van der Waals surface area contributed by atoms with Gasteiger partial charge in [0, 0.05) is 12.1 Å². The van der Waals surface area contributed by atoms with Crippen LogP contribution in [0.3, 0.4) is 0 Å². The van der Waals surface area contributed by atoms with Gasteiger partial charge in [-0.15, -0.1) is 0 Å². The van der Waals surface area contributed by atoms with Crippen LogP contribution >= 0.6 is 12.2 Å². The fourth-order valence-electron chi connectivity index (χ4n) is 2.04. The van der Waals surface area contributed by atoms with E-state index in [0.717, 1.165) is 5.56 Å². The number of nitrogens with two attached hydrogens (primary N) is 1. The summed E-state index contributed by atoms with van der Waals surface area (Å²) in [5.41, 5.74) is 6.49. The Morgan fingerprint density at radius 3 is 2.43 bits per heavy atom. The van der Waals surface area contributed by atoms with Crippen molar-refractivity contribution in [3.05, 3.63) is 65.2 Å². The van der Waals surface area contributed by atoms with Crippen molar-refractivity contribution < 1.29 is 8.78 Å². The maximum Gasteiger partial charge on any atom is 0.182 e. The molecular formula is C16H16F2N2S. The smallest absolute Gasteiger partial charge is 0.182 e. The highest BCUT2D eigenvalue weighted by Gasteiger charge is 2.15. The van der Waals surface area contributed by atoms with E-state index in [-0.39, 0.29) is 22.2 Å². The molecule has 5 heteroatoms.